The van der Waals surface area contributed by atoms with Crippen molar-refractivity contribution in [2.45, 2.75) is 20.8 Å². The van der Waals surface area contributed by atoms with Crippen molar-refractivity contribution in [1.82, 2.24) is 0 Å². The predicted octanol–water partition coefficient (Wildman–Crippen LogP) is 3.76. The third-order valence-corrected chi connectivity index (χ3v) is 3.26. The van der Waals surface area contributed by atoms with E-state index in [2.05, 4.69) is 43.4 Å². The Kier molecular flexibility index (Phi) is 4.38. The second kappa shape index (κ2) is 6.22. The molecule has 0 bridgehead atoms. The van der Waals surface area contributed by atoms with Gasteiger partial charge in [0.05, 0.1) is 17.5 Å². The fourth-order valence-corrected chi connectivity index (χ4v) is 2.25. The number of hydrazone groups is 1. The average Bonchev–Trinajstić information content (AvgIpc) is 2.42. The molecule has 108 valence electrons. The zero-order valence-electron chi connectivity index (χ0n) is 12.3. The summed E-state index contributed by atoms with van der Waals surface area (Å²) in [6, 6.07) is 10.7. The molecule has 0 atom stereocenters. The van der Waals surface area contributed by atoms with Gasteiger partial charge in [0.1, 0.15) is 0 Å². The number of nitrogens with zero attached hydrogens (tertiary/aromatic N) is 1. The second-order valence-electron chi connectivity index (χ2n) is 5.06. The van der Waals surface area contributed by atoms with Gasteiger partial charge in [0.15, 0.2) is 0 Å². The minimum atomic E-state index is -0.934. The van der Waals surface area contributed by atoms with Gasteiger partial charge in [0.25, 0.3) is 0 Å². The quantitative estimate of drug-likeness (QED) is 0.663. The lowest BCUT2D eigenvalue weighted by molar-refractivity contribution is 0.0697. The molecule has 0 aliphatic rings. The summed E-state index contributed by atoms with van der Waals surface area (Å²) in [5.41, 5.74) is 8.60. The second-order valence-corrected chi connectivity index (χ2v) is 5.06. The zero-order valence-corrected chi connectivity index (χ0v) is 12.3. The summed E-state index contributed by atoms with van der Waals surface area (Å²) in [5.74, 6) is -0.934. The van der Waals surface area contributed by atoms with Crippen molar-refractivity contribution in [2.24, 2.45) is 5.10 Å². The van der Waals surface area contributed by atoms with Crippen molar-refractivity contribution in [3.63, 3.8) is 0 Å². The monoisotopic (exact) mass is 282 g/mol. The molecule has 0 aromatic heterocycles. The van der Waals surface area contributed by atoms with Crippen LogP contribution in [0.4, 0.5) is 5.69 Å². The fraction of sp³-hybridized carbons (Fsp3) is 0.176. The first kappa shape index (κ1) is 14.8. The van der Waals surface area contributed by atoms with Gasteiger partial charge in [-0.25, -0.2) is 4.79 Å². The minimum Gasteiger partial charge on any atom is -0.478 e. The highest BCUT2D eigenvalue weighted by Crippen LogP contribution is 2.15. The molecule has 0 fully saturated rings. The van der Waals surface area contributed by atoms with Gasteiger partial charge in [0.2, 0.25) is 0 Å². The van der Waals surface area contributed by atoms with Crippen molar-refractivity contribution < 1.29 is 9.90 Å². The van der Waals surface area contributed by atoms with Gasteiger partial charge >= 0.3 is 5.97 Å². The Morgan fingerprint density at radius 1 is 1.10 bits per heavy atom. The van der Waals surface area contributed by atoms with E-state index in [0.717, 1.165) is 11.3 Å². The molecule has 2 N–H and O–H groups in total. The highest BCUT2D eigenvalue weighted by Gasteiger charge is 2.02. The van der Waals surface area contributed by atoms with Crippen LogP contribution in [-0.2, 0) is 0 Å². The van der Waals surface area contributed by atoms with E-state index in [1.807, 2.05) is 0 Å². The average molecular weight is 282 g/mol. The number of carboxylic acid groups (broad SMARTS) is 1. The molecule has 0 heterocycles. The molecule has 0 radical (unpaired) electrons. The van der Waals surface area contributed by atoms with Crippen LogP contribution in [0.1, 0.15) is 32.6 Å². The molecule has 2 rings (SSSR count). The number of carboxylic acids is 1. The Labute approximate surface area is 124 Å². The van der Waals surface area contributed by atoms with Gasteiger partial charge in [-0.3, -0.25) is 5.43 Å². The number of nitrogens with one attached hydrogen (secondary N) is 1. The summed E-state index contributed by atoms with van der Waals surface area (Å²) < 4.78 is 0. The molecule has 2 aromatic rings. The van der Waals surface area contributed by atoms with Gasteiger partial charge in [0, 0.05) is 5.56 Å². The smallest absolute Gasteiger partial charge is 0.335 e. The van der Waals surface area contributed by atoms with Gasteiger partial charge in [-0.1, -0.05) is 17.7 Å². The van der Waals surface area contributed by atoms with Crippen molar-refractivity contribution in [2.75, 3.05) is 5.43 Å². The molecule has 0 spiro atoms. The summed E-state index contributed by atoms with van der Waals surface area (Å²) in [6.45, 7) is 6.19. The normalized spacial score (nSPS) is 10.8. The van der Waals surface area contributed by atoms with E-state index in [0.29, 0.717) is 0 Å². The first-order valence-electron chi connectivity index (χ1n) is 6.67. The molecule has 0 unspecified atom stereocenters. The van der Waals surface area contributed by atoms with Crippen LogP contribution in [0.25, 0.3) is 0 Å². The molecule has 4 nitrogen and oxygen atoms in total. The van der Waals surface area contributed by atoms with Crippen LogP contribution in [0.3, 0.4) is 0 Å². The standard InChI is InChI=1S/C17H18N2O2/c1-11-8-12(2)16(13(3)9-11)10-18-19-15-6-4-14(5-7-15)17(20)21/h4-10,19H,1-3H3,(H,20,21)/b18-10-. The maximum Gasteiger partial charge on any atom is 0.335 e. The number of benzene rings is 2. The maximum atomic E-state index is 10.8. The zero-order chi connectivity index (χ0) is 15.4. The minimum absolute atomic E-state index is 0.259. The van der Waals surface area contributed by atoms with E-state index in [-0.39, 0.29) is 5.56 Å². The van der Waals surface area contributed by atoms with E-state index in [1.165, 1.54) is 16.7 Å². The molecular weight excluding hydrogens is 264 g/mol. The van der Waals surface area contributed by atoms with Crippen LogP contribution < -0.4 is 5.43 Å². The molecule has 2 aromatic carbocycles. The largest absolute Gasteiger partial charge is 0.478 e. The highest BCUT2D eigenvalue weighted by molar-refractivity contribution is 5.88. The lowest BCUT2D eigenvalue weighted by Gasteiger charge is -2.07. The Bertz CT molecular complexity index is 665. The van der Waals surface area contributed by atoms with Gasteiger partial charge < -0.3 is 5.11 Å². The van der Waals surface area contributed by atoms with Crippen LogP contribution in [0.5, 0.6) is 0 Å². The Balaban J connectivity index is 2.11. The van der Waals surface area contributed by atoms with E-state index >= 15 is 0 Å². The predicted molar refractivity (Wildman–Crippen MR) is 85.3 cm³/mol. The van der Waals surface area contributed by atoms with Crippen LogP contribution in [-0.4, -0.2) is 17.3 Å². The molecule has 0 saturated heterocycles. The molecule has 0 aliphatic carbocycles. The van der Waals surface area contributed by atoms with Gasteiger partial charge in [-0.15, -0.1) is 0 Å². The van der Waals surface area contributed by atoms with Crippen LogP contribution >= 0.6 is 0 Å². The van der Waals surface area contributed by atoms with Crippen LogP contribution in [0.15, 0.2) is 41.5 Å². The third-order valence-electron chi connectivity index (χ3n) is 3.26. The van der Waals surface area contributed by atoms with Crippen molar-refractivity contribution >= 4 is 17.9 Å². The summed E-state index contributed by atoms with van der Waals surface area (Å²) >= 11 is 0. The molecule has 4 heteroatoms. The third kappa shape index (κ3) is 3.69. The molecule has 0 aliphatic heterocycles. The Morgan fingerprint density at radius 2 is 1.67 bits per heavy atom. The van der Waals surface area contributed by atoms with Gasteiger partial charge in [-0.05, 0) is 56.2 Å². The van der Waals surface area contributed by atoms with Crippen molar-refractivity contribution in [1.29, 1.82) is 0 Å². The maximum absolute atomic E-state index is 10.8. The van der Waals surface area contributed by atoms with Crippen molar-refractivity contribution in [3.8, 4) is 0 Å². The summed E-state index contributed by atoms with van der Waals surface area (Å²) in [4.78, 5) is 10.8. The number of carbonyl (C=O) groups is 1. The fourth-order valence-electron chi connectivity index (χ4n) is 2.25. The van der Waals surface area contributed by atoms with E-state index in [9.17, 15) is 4.79 Å². The highest BCUT2D eigenvalue weighted by atomic mass is 16.4. The number of aryl methyl sites for hydroxylation is 3. The number of hydrogen-bond acceptors (Lipinski definition) is 3. The summed E-state index contributed by atoms with van der Waals surface area (Å²) in [5, 5.41) is 13.0. The number of anilines is 1. The molecular formula is C17H18N2O2. The van der Waals surface area contributed by atoms with Crippen molar-refractivity contribution in [3.05, 3.63) is 64.2 Å². The number of hydrogen-bond donors (Lipinski definition) is 2. The van der Waals surface area contributed by atoms with Crippen LogP contribution in [0.2, 0.25) is 0 Å². The van der Waals surface area contributed by atoms with Crippen LogP contribution in [0, 0.1) is 20.8 Å². The lowest BCUT2D eigenvalue weighted by atomic mass is 10.0. The topological polar surface area (TPSA) is 61.7 Å². The molecule has 0 saturated carbocycles. The number of aromatic carboxylic acids is 1. The summed E-state index contributed by atoms with van der Waals surface area (Å²) in [6.07, 6.45) is 1.79. The number of rotatable bonds is 4. The lowest BCUT2D eigenvalue weighted by Crippen LogP contribution is -1.98. The van der Waals surface area contributed by atoms with E-state index < -0.39 is 5.97 Å². The van der Waals surface area contributed by atoms with Gasteiger partial charge in [-0.2, -0.15) is 5.10 Å². The first-order chi connectivity index (χ1) is 9.97. The summed E-state index contributed by atoms with van der Waals surface area (Å²) in [7, 11) is 0. The van der Waals surface area contributed by atoms with E-state index in [4.69, 9.17) is 5.11 Å². The first-order valence-corrected chi connectivity index (χ1v) is 6.67. The molecule has 21 heavy (non-hydrogen) atoms. The van der Waals surface area contributed by atoms with E-state index in [1.54, 1.807) is 30.5 Å². The SMILES string of the molecule is Cc1cc(C)c(/C=N\Nc2ccc(C(=O)O)cc2)c(C)c1. The molecule has 0 amide bonds. The Hall–Kier alpha value is -2.62. The Morgan fingerprint density at radius 3 is 2.19 bits per heavy atom.